The quantitative estimate of drug-likeness (QED) is 0.859. The van der Waals surface area contributed by atoms with Gasteiger partial charge in [0.05, 0.1) is 12.7 Å². The van der Waals surface area contributed by atoms with Crippen molar-refractivity contribution in [3.05, 3.63) is 35.9 Å². The molecule has 0 aliphatic carbocycles. The van der Waals surface area contributed by atoms with Crippen molar-refractivity contribution >= 4 is 0 Å². The molecule has 94 valence electrons. The molecule has 4 unspecified atom stereocenters. The van der Waals surface area contributed by atoms with Gasteiger partial charge in [0.15, 0.2) is 6.29 Å². The van der Waals surface area contributed by atoms with Crippen LogP contribution in [0.1, 0.15) is 12.5 Å². The summed E-state index contributed by atoms with van der Waals surface area (Å²) in [6.07, 6.45) is -1.84. The van der Waals surface area contributed by atoms with Crippen LogP contribution in [0.5, 0.6) is 0 Å². The highest BCUT2D eigenvalue weighted by Crippen LogP contribution is 2.25. The molecule has 0 radical (unpaired) electrons. The van der Waals surface area contributed by atoms with Crippen molar-refractivity contribution in [2.24, 2.45) is 0 Å². The highest BCUT2D eigenvalue weighted by Gasteiger charge is 2.42. The molecule has 1 heterocycles. The van der Waals surface area contributed by atoms with E-state index in [2.05, 4.69) is 0 Å². The van der Waals surface area contributed by atoms with Gasteiger partial charge in [0.2, 0.25) is 0 Å². The topological polar surface area (TPSA) is 47.9 Å². The number of methoxy groups -OCH3 is 1. The van der Waals surface area contributed by atoms with Gasteiger partial charge in [-0.25, -0.2) is 0 Å². The normalized spacial score (nSPS) is 32.9. The van der Waals surface area contributed by atoms with Gasteiger partial charge in [0, 0.05) is 7.11 Å². The van der Waals surface area contributed by atoms with Crippen LogP contribution in [0.4, 0.5) is 0 Å². The first-order chi connectivity index (χ1) is 8.22. The van der Waals surface area contributed by atoms with Crippen LogP contribution >= 0.6 is 0 Å². The molecule has 0 saturated carbocycles. The van der Waals surface area contributed by atoms with Crippen molar-refractivity contribution in [2.45, 2.75) is 38.1 Å². The fourth-order valence-electron chi connectivity index (χ4n) is 1.93. The largest absolute Gasteiger partial charge is 0.387 e. The first-order valence-electron chi connectivity index (χ1n) is 5.74. The zero-order valence-corrected chi connectivity index (χ0v) is 10.1. The Hall–Kier alpha value is -0.940. The molecule has 1 aliphatic heterocycles. The lowest BCUT2D eigenvalue weighted by molar-refractivity contribution is -0.163. The molecule has 17 heavy (non-hydrogen) atoms. The molecule has 1 aliphatic rings. The van der Waals surface area contributed by atoms with Crippen molar-refractivity contribution in [1.29, 1.82) is 0 Å². The minimum atomic E-state index is -0.649. The lowest BCUT2D eigenvalue weighted by atomic mass is 10.1. The third kappa shape index (κ3) is 2.84. The minimum Gasteiger partial charge on any atom is -0.387 e. The summed E-state index contributed by atoms with van der Waals surface area (Å²) >= 11 is 0. The highest BCUT2D eigenvalue weighted by molar-refractivity contribution is 5.13. The maximum Gasteiger partial charge on any atom is 0.186 e. The Morgan fingerprint density at radius 1 is 1.29 bits per heavy atom. The van der Waals surface area contributed by atoms with E-state index in [9.17, 15) is 5.11 Å². The van der Waals surface area contributed by atoms with Crippen molar-refractivity contribution < 1.29 is 19.3 Å². The molecule has 1 aromatic carbocycles. The summed E-state index contributed by atoms with van der Waals surface area (Å²) in [6.45, 7) is 2.25. The van der Waals surface area contributed by atoms with E-state index in [4.69, 9.17) is 14.2 Å². The minimum absolute atomic E-state index is 0.263. The second kappa shape index (κ2) is 5.60. The van der Waals surface area contributed by atoms with Crippen LogP contribution in [0.2, 0.25) is 0 Å². The van der Waals surface area contributed by atoms with Crippen LogP contribution in [0.15, 0.2) is 30.3 Å². The van der Waals surface area contributed by atoms with Gasteiger partial charge >= 0.3 is 0 Å². The average molecular weight is 238 g/mol. The molecule has 1 aromatic rings. The molecule has 0 bridgehead atoms. The van der Waals surface area contributed by atoms with E-state index >= 15 is 0 Å². The Labute approximate surface area is 101 Å². The smallest absolute Gasteiger partial charge is 0.186 e. The Morgan fingerprint density at radius 3 is 2.65 bits per heavy atom. The second-order valence-electron chi connectivity index (χ2n) is 4.20. The predicted molar refractivity (Wildman–Crippen MR) is 62.4 cm³/mol. The zero-order valence-electron chi connectivity index (χ0n) is 10.1. The summed E-state index contributed by atoms with van der Waals surface area (Å²) in [5.41, 5.74) is 1.06. The molecule has 1 saturated heterocycles. The Kier molecular flexibility index (Phi) is 4.12. The van der Waals surface area contributed by atoms with Crippen LogP contribution in [0.3, 0.4) is 0 Å². The van der Waals surface area contributed by atoms with E-state index in [0.29, 0.717) is 6.61 Å². The van der Waals surface area contributed by atoms with E-state index in [0.717, 1.165) is 5.56 Å². The predicted octanol–water partition coefficient (Wildman–Crippen LogP) is 1.32. The second-order valence-corrected chi connectivity index (χ2v) is 4.20. The van der Waals surface area contributed by atoms with Gasteiger partial charge < -0.3 is 19.3 Å². The molecular weight excluding hydrogens is 220 g/mol. The van der Waals surface area contributed by atoms with Gasteiger partial charge in [0.25, 0.3) is 0 Å². The summed E-state index contributed by atoms with van der Waals surface area (Å²) in [4.78, 5) is 0. The first kappa shape index (κ1) is 12.5. The van der Waals surface area contributed by atoms with Gasteiger partial charge in [-0.3, -0.25) is 0 Å². The number of rotatable bonds is 4. The number of hydrogen-bond donors (Lipinski definition) is 1. The molecule has 4 nitrogen and oxygen atoms in total. The number of ether oxygens (including phenoxy) is 3. The highest BCUT2D eigenvalue weighted by atomic mass is 16.7. The molecular formula is C13H18O4. The van der Waals surface area contributed by atoms with E-state index in [1.807, 2.05) is 37.3 Å². The summed E-state index contributed by atoms with van der Waals surface area (Å²) in [5, 5.41) is 9.91. The van der Waals surface area contributed by atoms with Crippen LogP contribution in [0, 0.1) is 0 Å². The number of aliphatic hydroxyl groups excluding tert-OH is 1. The van der Waals surface area contributed by atoms with Gasteiger partial charge in [-0.05, 0) is 12.5 Å². The summed E-state index contributed by atoms with van der Waals surface area (Å²) in [7, 11) is 1.55. The van der Waals surface area contributed by atoms with E-state index in [1.165, 1.54) is 0 Å². The van der Waals surface area contributed by atoms with Crippen LogP contribution in [-0.2, 0) is 20.8 Å². The lowest BCUT2D eigenvalue weighted by Crippen LogP contribution is -2.35. The monoisotopic (exact) mass is 238 g/mol. The van der Waals surface area contributed by atoms with Gasteiger partial charge in [0.1, 0.15) is 12.2 Å². The number of benzene rings is 1. The fraction of sp³-hybridized carbons (Fsp3) is 0.538. The SMILES string of the molecule is COC1OC(C)C(O)C1OCc1ccccc1. The number of hydrogen-bond acceptors (Lipinski definition) is 4. The summed E-state index contributed by atoms with van der Waals surface area (Å²) < 4.78 is 16.2. The molecule has 0 amide bonds. The van der Waals surface area contributed by atoms with Gasteiger partial charge in [-0.1, -0.05) is 30.3 Å². The molecule has 1 fully saturated rings. The Bertz CT molecular complexity index is 341. The fourth-order valence-corrected chi connectivity index (χ4v) is 1.93. The Balaban J connectivity index is 1.93. The third-order valence-electron chi connectivity index (χ3n) is 2.95. The maximum atomic E-state index is 9.91. The molecule has 1 N–H and O–H groups in total. The summed E-state index contributed by atoms with van der Waals surface area (Å²) in [5.74, 6) is 0. The summed E-state index contributed by atoms with van der Waals surface area (Å²) in [6, 6.07) is 9.82. The van der Waals surface area contributed by atoms with Crippen LogP contribution in [0.25, 0.3) is 0 Å². The van der Waals surface area contributed by atoms with Crippen molar-refractivity contribution in [3.8, 4) is 0 Å². The third-order valence-corrected chi connectivity index (χ3v) is 2.95. The Morgan fingerprint density at radius 2 is 2.00 bits per heavy atom. The standard InChI is InChI=1S/C13H18O4/c1-9-11(14)12(13(15-2)17-9)16-8-10-6-4-3-5-7-10/h3-7,9,11-14H,8H2,1-2H3. The molecule has 4 heteroatoms. The molecule has 2 rings (SSSR count). The van der Waals surface area contributed by atoms with Crippen molar-refractivity contribution in [3.63, 3.8) is 0 Å². The molecule has 0 spiro atoms. The molecule has 4 atom stereocenters. The number of aliphatic hydroxyl groups is 1. The van der Waals surface area contributed by atoms with Gasteiger partial charge in [-0.2, -0.15) is 0 Å². The first-order valence-corrected chi connectivity index (χ1v) is 5.74. The van der Waals surface area contributed by atoms with E-state index in [1.54, 1.807) is 7.11 Å². The van der Waals surface area contributed by atoms with E-state index in [-0.39, 0.29) is 6.10 Å². The maximum absolute atomic E-state index is 9.91. The van der Waals surface area contributed by atoms with Crippen LogP contribution in [-0.4, -0.2) is 36.8 Å². The van der Waals surface area contributed by atoms with E-state index < -0.39 is 18.5 Å². The van der Waals surface area contributed by atoms with Crippen molar-refractivity contribution in [2.75, 3.05) is 7.11 Å². The van der Waals surface area contributed by atoms with Crippen LogP contribution < -0.4 is 0 Å². The van der Waals surface area contributed by atoms with Crippen molar-refractivity contribution in [1.82, 2.24) is 0 Å². The molecule has 0 aromatic heterocycles. The zero-order chi connectivity index (χ0) is 12.3. The average Bonchev–Trinajstić information content (AvgIpc) is 2.64. The van der Waals surface area contributed by atoms with Gasteiger partial charge in [-0.15, -0.1) is 0 Å². The lowest BCUT2D eigenvalue weighted by Gasteiger charge is -2.19.